The van der Waals surface area contributed by atoms with Crippen molar-refractivity contribution in [3.63, 3.8) is 0 Å². The van der Waals surface area contributed by atoms with Gasteiger partial charge in [0.1, 0.15) is 0 Å². The van der Waals surface area contributed by atoms with Gasteiger partial charge in [0.2, 0.25) is 0 Å². The van der Waals surface area contributed by atoms with Crippen molar-refractivity contribution < 1.29 is 36.3 Å². The molecule has 11 heteroatoms. The minimum absolute atomic E-state index is 3.54. The van der Waals surface area contributed by atoms with Crippen molar-refractivity contribution in [3.05, 3.63) is 0 Å². The highest BCUT2D eigenvalue weighted by Crippen LogP contribution is 1.95. The summed E-state index contributed by atoms with van der Waals surface area (Å²) in [6.07, 6.45) is 0. The van der Waals surface area contributed by atoms with Crippen LogP contribution in [0, 0.1) is 0 Å². The van der Waals surface area contributed by atoms with E-state index in [0.29, 0.717) is 0 Å². The second kappa shape index (κ2) is 3.67. The Morgan fingerprint density at radius 2 is 1.27 bits per heavy atom. The molecule has 0 fully saturated rings. The van der Waals surface area contributed by atoms with Gasteiger partial charge in [-0.2, -0.15) is 0 Å². The van der Waals surface area contributed by atoms with Crippen LogP contribution in [0.5, 0.6) is 0 Å². The van der Waals surface area contributed by atoms with Gasteiger partial charge in [-0.1, -0.05) is 0 Å². The van der Waals surface area contributed by atoms with Crippen molar-refractivity contribution in [2.45, 2.75) is 0 Å². The van der Waals surface area contributed by atoms with E-state index in [-0.39, 0.29) is 0 Å². The Hall–Kier alpha value is -0.629. The molecule has 4 N–H and O–H groups in total. The third-order valence-electron chi connectivity index (χ3n) is 0.441. The Labute approximate surface area is 64.6 Å². The molecule has 0 aliphatic rings. The van der Waals surface area contributed by atoms with Crippen LogP contribution in [-0.4, -0.2) is 46.6 Å². The fraction of sp³-hybridized carbons (Fsp3) is 0. The maximum absolute atomic E-state index is 9.82. The summed E-state index contributed by atoms with van der Waals surface area (Å²) in [7, 11) is -12.0. The fourth-order valence-electron chi connectivity index (χ4n) is 0.248. The molecule has 0 rings (SSSR count). The lowest BCUT2D eigenvalue weighted by molar-refractivity contribution is 0.104. The highest BCUT2D eigenvalue weighted by atomic mass is 28.5. The average molecular weight is 216 g/mol. The van der Waals surface area contributed by atoms with Crippen LogP contribution in [0.1, 0.15) is 0 Å². The Morgan fingerprint density at radius 3 is 1.45 bits per heavy atom. The standard InChI is InChI=1S/H4O8Si3/c1-9(2)7-11(5,6)8-10(3)4/h1,3,5-6H. The van der Waals surface area contributed by atoms with Crippen LogP contribution in [0.3, 0.4) is 0 Å². The first-order valence-electron chi connectivity index (χ1n) is 2.12. The minimum Gasteiger partial charge on any atom is -0.512 e. The summed E-state index contributed by atoms with van der Waals surface area (Å²) in [5.74, 6) is 0. The summed E-state index contributed by atoms with van der Waals surface area (Å²) in [5, 5.41) is 0. The lowest BCUT2D eigenvalue weighted by atomic mass is 15.6. The second-order valence-electron chi connectivity index (χ2n) is 1.28. The molecule has 0 amide bonds. The predicted molar refractivity (Wildman–Crippen MR) is 29.7 cm³/mol. The first kappa shape index (κ1) is 10.4. The van der Waals surface area contributed by atoms with Crippen molar-refractivity contribution in [1.82, 2.24) is 0 Å². The fourth-order valence-corrected chi connectivity index (χ4v) is 2.61. The van der Waals surface area contributed by atoms with Gasteiger partial charge in [-0.3, -0.25) is 8.92 Å². The van der Waals surface area contributed by atoms with E-state index >= 15 is 0 Å². The molecule has 0 saturated carbocycles. The van der Waals surface area contributed by atoms with Gasteiger partial charge in [0.05, 0.1) is 0 Å². The average Bonchev–Trinajstić information content (AvgIpc) is 1.53. The Kier molecular flexibility index (Phi) is 3.46. The quantitative estimate of drug-likeness (QED) is 0.352. The van der Waals surface area contributed by atoms with Gasteiger partial charge in [0, 0.05) is 0 Å². The van der Waals surface area contributed by atoms with Gasteiger partial charge < -0.3 is 27.4 Å². The van der Waals surface area contributed by atoms with Gasteiger partial charge in [0.25, 0.3) is 0 Å². The molecule has 64 valence electrons. The summed E-state index contributed by atoms with van der Waals surface area (Å²) in [6.45, 7) is 0. The highest BCUT2D eigenvalue weighted by molar-refractivity contribution is 6.62. The molecule has 8 nitrogen and oxygen atoms in total. The maximum atomic E-state index is 9.82. The van der Waals surface area contributed by atoms with E-state index in [1.54, 1.807) is 0 Å². The molecule has 0 aliphatic carbocycles. The molecular weight excluding hydrogens is 212 g/mol. The zero-order chi connectivity index (χ0) is 9.07. The summed E-state index contributed by atoms with van der Waals surface area (Å²) in [4.78, 5) is 32.8. The van der Waals surface area contributed by atoms with E-state index in [2.05, 4.69) is 8.23 Å². The van der Waals surface area contributed by atoms with Crippen LogP contribution in [0.2, 0.25) is 0 Å². The van der Waals surface area contributed by atoms with E-state index in [1.165, 1.54) is 0 Å². The van der Waals surface area contributed by atoms with Crippen LogP contribution < -0.4 is 0 Å². The Balaban J connectivity index is 3.99. The number of hydrogen-bond acceptors (Lipinski definition) is 6. The van der Waals surface area contributed by atoms with Gasteiger partial charge in [-0.25, -0.2) is 0 Å². The first-order chi connectivity index (χ1) is 4.83. The largest absolute Gasteiger partial charge is 0.794 e. The highest BCUT2D eigenvalue weighted by Gasteiger charge is 2.46. The molecule has 0 aromatic heterocycles. The Morgan fingerprint density at radius 1 is 1.00 bits per heavy atom. The van der Waals surface area contributed by atoms with Gasteiger partial charge in [-0.15, -0.1) is 0 Å². The molecule has 0 bridgehead atoms. The van der Waals surface area contributed by atoms with Crippen LogP contribution >= 0.6 is 0 Å². The lowest BCUT2D eigenvalue weighted by Gasteiger charge is -2.11. The second-order valence-corrected chi connectivity index (χ2v) is 5.08. The zero-order valence-corrected chi connectivity index (χ0v) is 7.92. The topological polar surface area (TPSA) is 134 Å². The summed E-state index contributed by atoms with van der Waals surface area (Å²) in [5.41, 5.74) is 0. The molecule has 0 unspecified atom stereocenters. The SMILES string of the molecule is O=[Si](O)O[Si](O)(O)O[Si](=O)O. The van der Waals surface area contributed by atoms with Gasteiger partial charge in [-0.05, 0) is 0 Å². The van der Waals surface area contributed by atoms with Crippen LogP contribution in [0.25, 0.3) is 0 Å². The van der Waals surface area contributed by atoms with Crippen LogP contribution in [0.15, 0.2) is 0 Å². The van der Waals surface area contributed by atoms with E-state index < -0.39 is 27.4 Å². The smallest absolute Gasteiger partial charge is 0.512 e. The normalized spacial score (nSPS) is 10.4. The molecule has 11 heavy (non-hydrogen) atoms. The zero-order valence-electron chi connectivity index (χ0n) is 4.92. The van der Waals surface area contributed by atoms with Crippen molar-refractivity contribution >= 4 is 27.4 Å². The van der Waals surface area contributed by atoms with E-state index in [9.17, 15) is 8.92 Å². The molecule has 0 atom stereocenters. The van der Waals surface area contributed by atoms with E-state index in [4.69, 9.17) is 19.2 Å². The Bertz CT molecular complexity index is 152. The molecule has 0 spiro atoms. The van der Waals surface area contributed by atoms with Crippen molar-refractivity contribution in [2.24, 2.45) is 0 Å². The molecular formula is H4O8Si3. The molecule has 0 aromatic carbocycles. The van der Waals surface area contributed by atoms with E-state index in [1.807, 2.05) is 0 Å². The minimum atomic E-state index is -4.86. The van der Waals surface area contributed by atoms with Crippen LogP contribution in [-0.2, 0) is 17.2 Å². The van der Waals surface area contributed by atoms with Gasteiger partial charge in [0.15, 0.2) is 0 Å². The third kappa shape index (κ3) is 5.80. The molecule has 0 saturated heterocycles. The maximum Gasteiger partial charge on any atom is 0.794 e. The van der Waals surface area contributed by atoms with Gasteiger partial charge >= 0.3 is 27.4 Å². The molecule has 0 aliphatic heterocycles. The van der Waals surface area contributed by atoms with Crippen molar-refractivity contribution in [1.29, 1.82) is 0 Å². The molecule has 0 heterocycles. The van der Waals surface area contributed by atoms with Crippen molar-refractivity contribution in [2.75, 3.05) is 0 Å². The van der Waals surface area contributed by atoms with Crippen molar-refractivity contribution in [3.8, 4) is 0 Å². The summed E-state index contributed by atoms with van der Waals surface area (Å²) in [6, 6.07) is 0. The molecule has 0 aromatic rings. The third-order valence-corrected chi connectivity index (χ3v) is 3.96. The predicted octanol–water partition coefficient (Wildman–Crippen LogP) is -3.74. The lowest BCUT2D eigenvalue weighted by Crippen LogP contribution is -2.47. The van der Waals surface area contributed by atoms with E-state index in [0.717, 1.165) is 0 Å². The number of rotatable bonds is 4. The summed E-state index contributed by atoms with van der Waals surface area (Å²) >= 11 is 0. The monoisotopic (exact) mass is 216 g/mol. The van der Waals surface area contributed by atoms with Crippen LogP contribution in [0.4, 0.5) is 0 Å². The summed E-state index contributed by atoms with van der Waals surface area (Å²) < 4.78 is 26.7. The first-order valence-corrected chi connectivity index (χ1v) is 6.36. The molecule has 0 radical (unpaired) electrons. The number of hydrogen-bond donors (Lipinski definition) is 4.